The third kappa shape index (κ3) is 9.46. The van der Waals surface area contributed by atoms with Crippen molar-refractivity contribution >= 4 is 27.5 Å². The topological polar surface area (TPSA) is 110 Å². The number of amides is 2. The molecule has 1 aliphatic rings. The Hall–Kier alpha value is -3.11. The summed E-state index contributed by atoms with van der Waals surface area (Å²) in [5.41, 5.74) is 3.38. The van der Waals surface area contributed by atoms with Crippen molar-refractivity contribution in [3.8, 4) is 5.75 Å². The minimum absolute atomic E-state index is 0.0111. The van der Waals surface area contributed by atoms with Crippen LogP contribution in [0.4, 0.5) is 5.69 Å². The van der Waals surface area contributed by atoms with E-state index in [1.54, 1.807) is 48.5 Å². The van der Waals surface area contributed by atoms with E-state index < -0.39 is 10.0 Å². The molecule has 9 nitrogen and oxygen atoms in total. The number of benzene rings is 2. The number of para-hydroxylation sites is 1. The minimum Gasteiger partial charge on any atom is -0.505 e. The number of sulfonamides is 1. The van der Waals surface area contributed by atoms with Crippen LogP contribution in [0.3, 0.4) is 0 Å². The number of aromatic hydroxyl groups is 1. The Kier molecular flexibility index (Phi) is 11.4. The summed E-state index contributed by atoms with van der Waals surface area (Å²) in [7, 11) is -3.92. The fourth-order valence-electron chi connectivity index (χ4n) is 5.16. The van der Waals surface area contributed by atoms with Crippen LogP contribution in [-0.4, -0.2) is 68.0 Å². The number of rotatable bonds is 12. The Morgan fingerprint density at radius 1 is 0.976 bits per heavy atom. The molecule has 0 bridgehead atoms. The molecule has 1 saturated heterocycles. The van der Waals surface area contributed by atoms with E-state index in [4.69, 9.17) is 0 Å². The molecular weight excluding hydrogens is 552 g/mol. The van der Waals surface area contributed by atoms with Gasteiger partial charge in [-0.2, -0.15) is 0 Å². The van der Waals surface area contributed by atoms with Gasteiger partial charge in [0.05, 0.1) is 17.1 Å². The number of phenols is 1. The van der Waals surface area contributed by atoms with E-state index >= 15 is 0 Å². The number of hydrazine groups is 1. The van der Waals surface area contributed by atoms with E-state index in [1.165, 1.54) is 9.31 Å². The van der Waals surface area contributed by atoms with E-state index in [9.17, 15) is 23.1 Å². The van der Waals surface area contributed by atoms with E-state index in [-0.39, 0.29) is 71.5 Å². The van der Waals surface area contributed by atoms with Crippen molar-refractivity contribution in [2.45, 2.75) is 72.1 Å². The van der Waals surface area contributed by atoms with Gasteiger partial charge in [-0.3, -0.25) is 29.2 Å². The first-order valence-corrected chi connectivity index (χ1v) is 16.3. The smallest absolute Gasteiger partial charge is 0.264 e. The van der Waals surface area contributed by atoms with Gasteiger partial charge >= 0.3 is 0 Å². The maximum atomic E-state index is 13.6. The molecule has 1 atom stereocenters. The Bertz CT molecular complexity index is 1300. The van der Waals surface area contributed by atoms with Gasteiger partial charge in [0.1, 0.15) is 5.75 Å². The van der Waals surface area contributed by atoms with Crippen LogP contribution in [0.5, 0.6) is 5.75 Å². The lowest BCUT2D eigenvalue weighted by Crippen LogP contribution is -2.51. The SMILES string of the molecule is CC(C)CN(c1cccc(C[C@@H](C)CN(NC(=O)CN2CCCC2)C(=O)CC(C)(C)C)c1O)S(=O)(=O)c1ccccc1. The van der Waals surface area contributed by atoms with Crippen molar-refractivity contribution in [2.24, 2.45) is 17.3 Å². The summed E-state index contributed by atoms with van der Waals surface area (Å²) in [4.78, 5) is 28.3. The molecule has 232 valence electrons. The number of hydrogen-bond acceptors (Lipinski definition) is 6. The summed E-state index contributed by atoms with van der Waals surface area (Å²) in [5.74, 6) is -0.621. The Labute approximate surface area is 251 Å². The number of carbonyl (C=O) groups excluding carboxylic acids is 2. The van der Waals surface area contributed by atoms with E-state index in [1.807, 2.05) is 41.5 Å². The fraction of sp³-hybridized carbons (Fsp3) is 0.562. The summed E-state index contributed by atoms with van der Waals surface area (Å²) < 4.78 is 28.6. The van der Waals surface area contributed by atoms with Crippen LogP contribution in [0.1, 0.15) is 66.4 Å². The van der Waals surface area contributed by atoms with Crippen LogP contribution >= 0.6 is 0 Å². The summed E-state index contributed by atoms with van der Waals surface area (Å²) in [5, 5.41) is 12.8. The van der Waals surface area contributed by atoms with Gasteiger partial charge < -0.3 is 5.11 Å². The zero-order valence-corrected chi connectivity index (χ0v) is 26.8. The molecule has 3 rings (SSSR count). The lowest BCUT2D eigenvalue weighted by Gasteiger charge is -2.30. The number of likely N-dealkylation sites (tertiary alicyclic amines) is 1. The number of hydrogen-bond donors (Lipinski definition) is 2. The van der Waals surface area contributed by atoms with Crippen LogP contribution in [0.15, 0.2) is 53.4 Å². The highest BCUT2D eigenvalue weighted by Crippen LogP contribution is 2.36. The molecule has 42 heavy (non-hydrogen) atoms. The second-order valence-corrected chi connectivity index (χ2v) is 15.0. The van der Waals surface area contributed by atoms with Gasteiger partial charge in [0.2, 0.25) is 5.91 Å². The van der Waals surface area contributed by atoms with E-state index in [0.717, 1.165) is 25.9 Å². The largest absolute Gasteiger partial charge is 0.505 e. The summed E-state index contributed by atoms with van der Waals surface area (Å²) in [6.45, 7) is 14.2. The highest BCUT2D eigenvalue weighted by molar-refractivity contribution is 7.92. The molecule has 0 saturated carbocycles. The van der Waals surface area contributed by atoms with Crippen molar-refractivity contribution in [2.75, 3.05) is 37.0 Å². The highest BCUT2D eigenvalue weighted by atomic mass is 32.2. The molecule has 0 radical (unpaired) electrons. The predicted octanol–water partition coefficient (Wildman–Crippen LogP) is 4.81. The van der Waals surface area contributed by atoms with E-state index in [0.29, 0.717) is 12.0 Å². The second-order valence-electron chi connectivity index (χ2n) is 13.1. The van der Waals surface area contributed by atoms with Crippen LogP contribution < -0.4 is 9.73 Å². The molecule has 1 aliphatic heterocycles. The summed E-state index contributed by atoms with van der Waals surface area (Å²) >= 11 is 0. The molecule has 0 aliphatic carbocycles. The zero-order valence-electron chi connectivity index (χ0n) is 26.0. The molecule has 10 heteroatoms. The number of nitrogens with one attached hydrogen (secondary N) is 1. The first-order chi connectivity index (χ1) is 19.7. The third-order valence-corrected chi connectivity index (χ3v) is 8.89. The molecule has 1 heterocycles. The third-order valence-electron chi connectivity index (χ3n) is 7.10. The maximum absolute atomic E-state index is 13.6. The summed E-state index contributed by atoms with van der Waals surface area (Å²) in [6, 6.07) is 13.3. The second kappa shape index (κ2) is 14.4. The van der Waals surface area contributed by atoms with Crippen molar-refractivity contribution in [3.63, 3.8) is 0 Å². The molecule has 2 aromatic rings. The lowest BCUT2D eigenvalue weighted by atomic mass is 9.91. The molecule has 0 aromatic heterocycles. The van der Waals surface area contributed by atoms with Gasteiger partial charge in [-0.15, -0.1) is 0 Å². The molecule has 2 N–H and O–H groups in total. The van der Waals surface area contributed by atoms with Gasteiger partial charge in [0, 0.05) is 19.5 Å². The van der Waals surface area contributed by atoms with Crippen LogP contribution in [0.2, 0.25) is 0 Å². The lowest BCUT2D eigenvalue weighted by molar-refractivity contribution is -0.144. The quantitative estimate of drug-likeness (QED) is 0.338. The standard InChI is InChI=1S/C32H48N4O5S/c1-24(2)21-36(42(40,41)27-14-8-7-9-15-27)28-16-12-13-26(31(28)39)19-25(3)22-35(30(38)20-32(4,5)6)33-29(37)23-34-17-10-11-18-34/h7-9,12-16,24-25,39H,10-11,17-23H2,1-6H3,(H,33,37)/t25-/m1/s1. The number of nitrogens with zero attached hydrogens (tertiary/aromatic N) is 3. The Balaban J connectivity index is 1.82. The molecule has 2 aromatic carbocycles. The van der Waals surface area contributed by atoms with Gasteiger partial charge in [-0.05, 0) is 73.4 Å². The minimum atomic E-state index is -3.92. The first-order valence-electron chi connectivity index (χ1n) is 14.9. The van der Waals surface area contributed by atoms with Crippen LogP contribution in [0, 0.1) is 17.3 Å². The Morgan fingerprint density at radius 2 is 1.62 bits per heavy atom. The van der Waals surface area contributed by atoms with E-state index in [2.05, 4.69) is 10.3 Å². The van der Waals surface area contributed by atoms with Crippen molar-refractivity contribution < 1.29 is 23.1 Å². The monoisotopic (exact) mass is 600 g/mol. The van der Waals surface area contributed by atoms with Gasteiger partial charge in [-0.1, -0.05) is 71.9 Å². The number of phenolic OH excluding ortho intramolecular Hbond substituents is 1. The average Bonchev–Trinajstić information content (AvgIpc) is 3.40. The van der Waals surface area contributed by atoms with Crippen molar-refractivity contribution in [3.05, 3.63) is 54.1 Å². The van der Waals surface area contributed by atoms with Crippen molar-refractivity contribution in [1.82, 2.24) is 15.3 Å². The normalized spacial score (nSPS) is 15.0. The maximum Gasteiger partial charge on any atom is 0.264 e. The molecule has 0 unspecified atom stereocenters. The van der Waals surface area contributed by atoms with Gasteiger partial charge in [-0.25, -0.2) is 8.42 Å². The Morgan fingerprint density at radius 3 is 2.21 bits per heavy atom. The first kappa shape index (κ1) is 33.4. The average molecular weight is 601 g/mol. The zero-order chi connectivity index (χ0) is 31.1. The van der Waals surface area contributed by atoms with Gasteiger partial charge in [0.15, 0.2) is 0 Å². The summed E-state index contributed by atoms with van der Waals surface area (Å²) in [6.07, 6.45) is 2.79. The molecular formula is C32H48N4O5S. The molecule has 1 fully saturated rings. The molecule has 2 amide bonds. The predicted molar refractivity (Wildman–Crippen MR) is 166 cm³/mol. The fourth-order valence-corrected chi connectivity index (χ4v) is 6.82. The van der Waals surface area contributed by atoms with Crippen LogP contribution in [0.25, 0.3) is 0 Å². The highest BCUT2D eigenvalue weighted by Gasteiger charge is 2.29. The number of anilines is 1. The number of carbonyl (C=O) groups is 2. The van der Waals surface area contributed by atoms with Gasteiger partial charge in [0.25, 0.3) is 15.9 Å². The van der Waals surface area contributed by atoms with Crippen LogP contribution in [-0.2, 0) is 26.0 Å². The van der Waals surface area contributed by atoms with Crippen molar-refractivity contribution in [1.29, 1.82) is 0 Å². The molecule has 0 spiro atoms.